The Kier molecular flexibility index (Phi) is 7.65. The number of hydrogen-bond donors (Lipinski definition) is 2. The highest BCUT2D eigenvalue weighted by Gasteiger charge is 2.22. The summed E-state index contributed by atoms with van der Waals surface area (Å²) in [6.07, 6.45) is 0. The van der Waals surface area contributed by atoms with Crippen LogP contribution in [-0.4, -0.2) is 41.6 Å². The number of sulfonamides is 1. The van der Waals surface area contributed by atoms with Gasteiger partial charge in [-0.25, -0.2) is 13.2 Å². The van der Waals surface area contributed by atoms with E-state index in [-0.39, 0.29) is 33.1 Å². The number of ether oxygens (including phenoxy) is 3. The van der Waals surface area contributed by atoms with Crippen LogP contribution in [0.5, 0.6) is 11.5 Å². The average Bonchev–Trinajstić information content (AvgIpc) is 2.84. The SMILES string of the molecule is COC(=O)c1cc(OC)c(OC)cc1NC(=O)c1cccc(NS(=O)(=O)c2ccc(C)cc2)c1C. The first-order valence-corrected chi connectivity index (χ1v) is 11.9. The summed E-state index contributed by atoms with van der Waals surface area (Å²) in [5, 5.41) is 2.68. The molecule has 0 unspecified atom stereocenters. The highest BCUT2D eigenvalue weighted by Crippen LogP contribution is 2.34. The lowest BCUT2D eigenvalue weighted by Crippen LogP contribution is -2.19. The normalized spacial score (nSPS) is 10.9. The Morgan fingerprint density at radius 1 is 0.800 bits per heavy atom. The molecule has 10 heteroatoms. The van der Waals surface area contributed by atoms with Gasteiger partial charge in [-0.15, -0.1) is 0 Å². The van der Waals surface area contributed by atoms with Crippen molar-refractivity contribution in [2.24, 2.45) is 0 Å². The minimum absolute atomic E-state index is 0.0624. The summed E-state index contributed by atoms with van der Waals surface area (Å²) < 4.78 is 43.5. The number of esters is 1. The van der Waals surface area contributed by atoms with E-state index in [0.29, 0.717) is 11.3 Å². The molecule has 0 bridgehead atoms. The molecule has 184 valence electrons. The number of methoxy groups -OCH3 is 3. The average molecular weight is 499 g/mol. The van der Waals surface area contributed by atoms with E-state index < -0.39 is 21.9 Å². The second-order valence-electron chi connectivity index (χ2n) is 7.60. The first kappa shape index (κ1) is 25.6. The second kappa shape index (κ2) is 10.5. The van der Waals surface area contributed by atoms with Gasteiger partial charge < -0.3 is 19.5 Å². The maximum atomic E-state index is 13.2. The Balaban J connectivity index is 1.95. The van der Waals surface area contributed by atoms with Gasteiger partial charge in [0.2, 0.25) is 0 Å². The van der Waals surface area contributed by atoms with Gasteiger partial charge in [0.25, 0.3) is 15.9 Å². The molecule has 3 aromatic rings. The summed E-state index contributed by atoms with van der Waals surface area (Å²) in [6.45, 7) is 3.48. The summed E-state index contributed by atoms with van der Waals surface area (Å²) in [6, 6.07) is 13.9. The first-order chi connectivity index (χ1) is 16.6. The molecule has 9 nitrogen and oxygen atoms in total. The fourth-order valence-electron chi connectivity index (χ4n) is 3.36. The highest BCUT2D eigenvalue weighted by atomic mass is 32.2. The van der Waals surface area contributed by atoms with Crippen LogP contribution in [0.3, 0.4) is 0 Å². The van der Waals surface area contributed by atoms with Crippen LogP contribution < -0.4 is 19.5 Å². The maximum Gasteiger partial charge on any atom is 0.340 e. The Hall–Kier alpha value is -4.05. The van der Waals surface area contributed by atoms with E-state index in [4.69, 9.17) is 14.2 Å². The van der Waals surface area contributed by atoms with Gasteiger partial charge in [-0.3, -0.25) is 9.52 Å². The molecule has 0 radical (unpaired) electrons. The zero-order valence-corrected chi connectivity index (χ0v) is 20.8. The number of carbonyl (C=O) groups is 2. The zero-order chi connectivity index (χ0) is 25.8. The molecule has 2 N–H and O–H groups in total. The van der Waals surface area contributed by atoms with Gasteiger partial charge in [0.15, 0.2) is 11.5 Å². The molecule has 0 saturated heterocycles. The van der Waals surface area contributed by atoms with E-state index in [1.807, 2.05) is 6.92 Å². The van der Waals surface area contributed by atoms with Gasteiger partial charge >= 0.3 is 5.97 Å². The number of rotatable bonds is 8. The molecular formula is C25H26N2O7S. The largest absolute Gasteiger partial charge is 0.493 e. The Bertz CT molecular complexity index is 1370. The van der Waals surface area contributed by atoms with E-state index in [1.54, 1.807) is 37.3 Å². The lowest BCUT2D eigenvalue weighted by molar-refractivity contribution is 0.0601. The number of aryl methyl sites for hydroxylation is 1. The summed E-state index contributed by atoms with van der Waals surface area (Å²) in [4.78, 5) is 25.6. The number of carbonyl (C=O) groups excluding carboxylic acids is 2. The van der Waals surface area contributed by atoms with Crippen LogP contribution in [0.15, 0.2) is 59.5 Å². The second-order valence-corrected chi connectivity index (χ2v) is 9.28. The van der Waals surface area contributed by atoms with Crippen LogP contribution in [-0.2, 0) is 14.8 Å². The van der Waals surface area contributed by atoms with E-state index in [1.165, 1.54) is 45.6 Å². The summed E-state index contributed by atoms with van der Waals surface area (Å²) in [5.41, 5.74) is 2.00. The number of hydrogen-bond acceptors (Lipinski definition) is 7. The van der Waals surface area contributed by atoms with E-state index in [0.717, 1.165) is 5.56 Å². The monoisotopic (exact) mass is 498 g/mol. The van der Waals surface area contributed by atoms with Gasteiger partial charge in [0.05, 0.1) is 43.2 Å². The molecule has 0 heterocycles. The third-order valence-corrected chi connectivity index (χ3v) is 6.71. The molecular weight excluding hydrogens is 472 g/mol. The van der Waals surface area contributed by atoms with Crippen molar-refractivity contribution in [3.05, 3.63) is 76.9 Å². The first-order valence-electron chi connectivity index (χ1n) is 10.5. The minimum atomic E-state index is -3.87. The number of nitrogens with one attached hydrogen (secondary N) is 2. The number of anilines is 2. The maximum absolute atomic E-state index is 13.2. The highest BCUT2D eigenvalue weighted by molar-refractivity contribution is 7.92. The molecule has 0 fully saturated rings. The summed E-state index contributed by atoms with van der Waals surface area (Å²) in [5.74, 6) is -0.657. The van der Waals surface area contributed by atoms with Crippen molar-refractivity contribution < 1.29 is 32.2 Å². The number of benzene rings is 3. The predicted molar refractivity (Wildman–Crippen MR) is 132 cm³/mol. The van der Waals surface area contributed by atoms with Crippen molar-refractivity contribution in [1.82, 2.24) is 0 Å². The molecule has 0 aromatic heterocycles. The molecule has 0 spiro atoms. The van der Waals surface area contributed by atoms with Crippen LogP contribution in [0.1, 0.15) is 31.8 Å². The molecule has 3 aromatic carbocycles. The van der Waals surface area contributed by atoms with E-state index in [9.17, 15) is 18.0 Å². The molecule has 3 rings (SSSR count). The van der Waals surface area contributed by atoms with Gasteiger partial charge in [-0.2, -0.15) is 0 Å². The number of amides is 1. The third-order valence-electron chi connectivity index (χ3n) is 5.33. The molecule has 0 aliphatic heterocycles. The van der Waals surface area contributed by atoms with Gasteiger partial charge in [-0.05, 0) is 43.7 Å². The van der Waals surface area contributed by atoms with Crippen LogP contribution in [0, 0.1) is 13.8 Å². The van der Waals surface area contributed by atoms with Gasteiger partial charge in [0, 0.05) is 17.7 Å². The lowest BCUT2D eigenvalue weighted by Gasteiger charge is -2.16. The van der Waals surface area contributed by atoms with Crippen LogP contribution in [0.2, 0.25) is 0 Å². The van der Waals surface area contributed by atoms with Crippen molar-refractivity contribution >= 4 is 33.3 Å². The lowest BCUT2D eigenvalue weighted by atomic mass is 10.1. The van der Waals surface area contributed by atoms with Crippen LogP contribution in [0.4, 0.5) is 11.4 Å². The predicted octanol–water partition coefficient (Wildman–Crippen LogP) is 4.16. The molecule has 0 aliphatic rings. The molecule has 0 saturated carbocycles. The quantitative estimate of drug-likeness (QED) is 0.448. The van der Waals surface area contributed by atoms with E-state index >= 15 is 0 Å². The zero-order valence-electron chi connectivity index (χ0n) is 20.0. The Morgan fingerprint density at radius 2 is 1.43 bits per heavy atom. The summed E-state index contributed by atoms with van der Waals surface area (Å²) in [7, 11) is 0.201. The van der Waals surface area contributed by atoms with Gasteiger partial charge in [0.1, 0.15) is 0 Å². The summed E-state index contributed by atoms with van der Waals surface area (Å²) >= 11 is 0. The Labute approximate surface area is 204 Å². The van der Waals surface area contributed by atoms with Crippen molar-refractivity contribution in [1.29, 1.82) is 0 Å². The smallest absolute Gasteiger partial charge is 0.340 e. The van der Waals surface area contributed by atoms with Crippen molar-refractivity contribution in [2.75, 3.05) is 31.4 Å². The standard InChI is InChI=1S/C25H26N2O7S/c1-15-9-11-17(12-10-15)35(30,31)27-20-8-6-7-18(16(20)2)24(28)26-21-14-23(33-4)22(32-3)13-19(21)25(29)34-5/h6-14,27H,1-5H3,(H,26,28). The molecule has 1 amide bonds. The van der Waals surface area contributed by atoms with E-state index in [2.05, 4.69) is 10.0 Å². The Morgan fingerprint density at radius 3 is 2.03 bits per heavy atom. The van der Waals surface area contributed by atoms with Crippen molar-refractivity contribution in [3.63, 3.8) is 0 Å². The molecule has 0 aliphatic carbocycles. The molecule has 0 atom stereocenters. The minimum Gasteiger partial charge on any atom is -0.493 e. The van der Waals surface area contributed by atoms with Crippen LogP contribution in [0.25, 0.3) is 0 Å². The van der Waals surface area contributed by atoms with Crippen molar-refractivity contribution in [3.8, 4) is 11.5 Å². The van der Waals surface area contributed by atoms with Gasteiger partial charge in [-0.1, -0.05) is 23.8 Å². The molecule has 35 heavy (non-hydrogen) atoms. The van der Waals surface area contributed by atoms with Crippen LogP contribution >= 0.6 is 0 Å². The topological polar surface area (TPSA) is 120 Å². The fraction of sp³-hybridized carbons (Fsp3) is 0.200. The van der Waals surface area contributed by atoms with Crippen molar-refractivity contribution in [2.45, 2.75) is 18.7 Å². The fourth-order valence-corrected chi connectivity index (χ4v) is 4.49. The third kappa shape index (κ3) is 5.55.